The standard InChI is InChI=1S/C16H15ClN4OS/c1-20-16(11-8-23-9-13(11)19-20)18-15(22)7-21-6-5-10-12(17)3-2-4-14(10)21/h2-6H,7-9H2,1H3,(H,18,22). The van der Waals surface area contributed by atoms with Gasteiger partial charge in [0.15, 0.2) is 0 Å². The molecule has 0 unspecified atom stereocenters. The number of aryl methyl sites for hydroxylation is 1. The molecule has 0 aliphatic carbocycles. The van der Waals surface area contributed by atoms with Gasteiger partial charge in [-0.05, 0) is 18.2 Å². The lowest BCUT2D eigenvalue weighted by atomic mass is 10.2. The van der Waals surface area contributed by atoms with Crippen LogP contribution < -0.4 is 5.32 Å². The smallest absolute Gasteiger partial charge is 0.245 e. The van der Waals surface area contributed by atoms with Crippen molar-refractivity contribution in [3.8, 4) is 0 Å². The predicted octanol–water partition coefficient (Wildman–Crippen LogP) is 3.41. The number of rotatable bonds is 3. The molecule has 1 aliphatic rings. The highest BCUT2D eigenvalue weighted by Gasteiger charge is 2.22. The second kappa shape index (κ2) is 5.62. The molecule has 1 N–H and O–H groups in total. The maximum absolute atomic E-state index is 12.4. The highest BCUT2D eigenvalue weighted by atomic mass is 35.5. The highest BCUT2D eigenvalue weighted by molar-refractivity contribution is 7.98. The van der Waals surface area contributed by atoms with Gasteiger partial charge in [-0.3, -0.25) is 9.48 Å². The quantitative estimate of drug-likeness (QED) is 0.790. The summed E-state index contributed by atoms with van der Waals surface area (Å²) in [7, 11) is 1.86. The molecule has 0 bridgehead atoms. The molecule has 5 nitrogen and oxygen atoms in total. The van der Waals surface area contributed by atoms with E-state index in [1.165, 1.54) is 0 Å². The summed E-state index contributed by atoms with van der Waals surface area (Å²) < 4.78 is 3.66. The SMILES string of the molecule is Cn1nc2c(c1NC(=O)Cn1ccc3c(Cl)cccc31)CSC2. The molecule has 23 heavy (non-hydrogen) atoms. The largest absolute Gasteiger partial charge is 0.338 e. The maximum atomic E-state index is 12.4. The van der Waals surface area contributed by atoms with Crippen LogP contribution in [0, 0.1) is 0 Å². The van der Waals surface area contributed by atoms with Crippen LogP contribution in [-0.4, -0.2) is 20.3 Å². The number of hydrogen-bond donors (Lipinski definition) is 1. The lowest BCUT2D eigenvalue weighted by molar-refractivity contribution is -0.116. The maximum Gasteiger partial charge on any atom is 0.245 e. The number of anilines is 1. The number of amides is 1. The van der Waals surface area contributed by atoms with Crippen molar-refractivity contribution in [2.75, 3.05) is 5.32 Å². The number of nitrogens with zero attached hydrogens (tertiary/aromatic N) is 3. The minimum absolute atomic E-state index is 0.0647. The highest BCUT2D eigenvalue weighted by Crippen LogP contribution is 2.34. The topological polar surface area (TPSA) is 51.9 Å². The van der Waals surface area contributed by atoms with Crippen LogP contribution in [0.15, 0.2) is 30.5 Å². The van der Waals surface area contributed by atoms with Gasteiger partial charge in [-0.15, -0.1) is 0 Å². The number of carbonyl (C=O) groups excluding carboxylic acids is 1. The number of fused-ring (bicyclic) bond motifs is 2. The van der Waals surface area contributed by atoms with Gasteiger partial charge >= 0.3 is 0 Å². The van der Waals surface area contributed by atoms with Gasteiger partial charge in [0.25, 0.3) is 0 Å². The molecule has 0 fully saturated rings. The van der Waals surface area contributed by atoms with Crippen molar-refractivity contribution < 1.29 is 4.79 Å². The fraction of sp³-hybridized carbons (Fsp3) is 0.250. The van der Waals surface area contributed by atoms with E-state index in [4.69, 9.17) is 11.6 Å². The summed E-state index contributed by atoms with van der Waals surface area (Å²) in [6.45, 7) is 0.247. The molecule has 4 rings (SSSR count). The van der Waals surface area contributed by atoms with Gasteiger partial charge in [0.2, 0.25) is 5.91 Å². The van der Waals surface area contributed by atoms with Crippen LogP contribution in [0.3, 0.4) is 0 Å². The third-order valence-corrected chi connectivity index (χ3v) is 5.35. The van der Waals surface area contributed by atoms with Gasteiger partial charge in [0, 0.05) is 46.2 Å². The Morgan fingerprint density at radius 1 is 1.39 bits per heavy atom. The Bertz CT molecular complexity index is 914. The van der Waals surface area contributed by atoms with Crippen LogP contribution in [0.2, 0.25) is 5.02 Å². The molecule has 1 aliphatic heterocycles. The first-order valence-electron chi connectivity index (χ1n) is 7.29. The van der Waals surface area contributed by atoms with Crippen LogP contribution in [0.5, 0.6) is 0 Å². The molecule has 1 aromatic carbocycles. The number of hydrogen-bond acceptors (Lipinski definition) is 3. The lowest BCUT2D eigenvalue weighted by Gasteiger charge is -2.09. The van der Waals surface area contributed by atoms with Crippen molar-refractivity contribution in [2.24, 2.45) is 7.05 Å². The molecule has 0 radical (unpaired) electrons. The van der Waals surface area contributed by atoms with E-state index in [0.29, 0.717) is 5.02 Å². The van der Waals surface area contributed by atoms with E-state index in [9.17, 15) is 4.79 Å². The first-order chi connectivity index (χ1) is 11.1. The Balaban J connectivity index is 1.57. The molecule has 7 heteroatoms. The number of thioether (sulfide) groups is 1. The van der Waals surface area contributed by atoms with Gasteiger partial charge < -0.3 is 9.88 Å². The van der Waals surface area contributed by atoms with Crippen LogP contribution in [0.1, 0.15) is 11.3 Å². The molecule has 3 aromatic rings. The molecular formula is C16H15ClN4OS. The van der Waals surface area contributed by atoms with Gasteiger partial charge in [0.05, 0.1) is 5.69 Å². The van der Waals surface area contributed by atoms with Crippen LogP contribution in [-0.2, 0) is 29.9 Å². The minimum Gasteiger partial charge on any atom is -0.338 e. The van der Waals surface area contributed by atoms with E-state index < -0.39 is 0 Å². The van der Waals surface area contributed by atoms with Crippen molar-refractivity contribution in [1.29, 1.82) is 0 Å². The normalized spacial score (nSPS) is 13.5. The van der Waals surface area contributed by atoms with Crippen LogP contribution in [0.25, 0.3) is 10.9 Å². The van der Waals surface area contributed by atoms with Gasteiger partial charge in [-0.25, -0.2) is 0 Å². The Morgan fingerprint density at radius 2 is 2.26 bits per heavy atom. The van der Waals surface area contributed by atoms with E-state index in [1.54, 1.807) is 4.68 Å². The number of nitrogens with one attached hydrogen (secondary N) is 1. The number of aromatic nitrogens is 3. The van der Waals surface area contributed by atoms with E-state index >= 15 is 0 Å². The van der Waals surface area contributed by atoms with Gasteiger partial charge in [-0.1, -0.05) is 17.7 Å². The average Bonchev–Trinajstić information content (AvgIpc) is 3.19. The Labute approximate surface area is 142 Å². The summed E-state index contributed by atoms with van der Waals surface area (Å²) in [5.41, 5.74) is 3.18. The number of benzene rings is 1. The Kier molecular flexibility index (Phi) is 3.58. The molecule has 0 spiro atoms. The van der Waals surface area contributed by atoms with Crippen molar-refractivity contribution in [3.05, 3.63) is 46.7 Å². The monoisotopic (exact) mass is 346 g/mol. The lowest BCUT2D eigenvalue weighted by Crippen LogP contribution is -2.20. The zero-order valence-electron chi connectivity index (χ0n) is 12.5. The summed E-state index contributed by atoms with van der Waals surface area (Å²) in [6, 6.07) is 7.64. The van der Waals surface area contributed by atoms with Crippen LogP contribution in [0.4, 0.5) is 5.82 Å². The third kappa shape index (κ3) is 2.52. The molecular weight excluding hydrogens is 332 g/mol. The molecule has 0 saturated heterocycles. The minimum atomic E-state index is -0.0647. The van der Waals surface area contributed by atoms with Gasteiger partial charge in [0.1, 0.15) is 12.4 Å². The predicted molar refractivity (Wildman–Crippen MR) is 93.8 cm³/mol. The van der Waals surface area contributed by atoms with E-state index in [1.807, 2.05) is 53.8 Å². The molecule has 3 heterocycles. The molecule has 0 atom stereocenters. The summed E-state index contributed by atoms with van der Waals surface area (Å²) in [4.78, 5) is 12.4. The number of carbonyl (C=O) groups is 1. The third-order valence-electron chi connectivity index (χ3n) is 4.05. The van der Waals surface area contributed by atoms with Gasteiger partial charge in [-0.2, -0.15) is 16.9 Å². The fourth-order valence-corrected chi connectivity index (χ4v) is 4.21. The summed E-state index contributed by atoms with van der Waals surface area (Å²) in [5, 5.41) is 9.12. The second-order valence-corrected chi connectivity index (χ2v) is 6.95. The zero-order valence-corrected chi connectivity index (χ0v) is 14.1. The number of halogens is 1. The first-order valence-corrected chi connectivity index (χ1v) is 8.82. The van der Waals surface area contributed by atoms with E-state index in [-0.39, 0.29) is 12.5 Å². The molecule has 0 saturated carbocycles. The summed E-state index contributed by atoms with van der Waals surface area (Å²) in [6.07, 6.45) is 1.89. The Morgan fingerprint density at radius 3 is 3.13 bits per heavy atom. The summed E-state index contributed by atoms with van der Waals surface area (Å²) in [5.74, 6) is 2.57. The molecule has 1 amide bonds. The molecule has 118 valence electrons. The van der Waals surface area contributed by atoms with Crippen molar-refractivity contribution >= 4 is 46.0 Å². The zero-order chi connectivity index (χ0) is 16.0. The van der Waals surface area contributed by atoms with Crippen molar-refractivity contribution in [1.82, 2.24) is 14.3 Å². The first kappa shape index (κ1) is 14.7. The summed E-state index contributed by atoms with van der Waals surface area (Å²) >= 11 is 8.00. The molecule has 2 aromatic heterocycles. The average molecular weight is 347 g/mol. The van der Waals surface area contributed by atoms with Crippen LogP contribution >= 0.6 is 23.4 Å². The van der Waals surface area contributed by atoms with Crippen molar-refractivity contribution in [2.45, 2.75) is 18.1 Å². The fourth-order valence-electron chi connectivity index (χ4n) is 2.95. The van der Waals surface area contributed by atoms with Crippen molar-refractivity contribution in [3.63, 3.8) is 0 Å². The van der Waals surface area contributed by atoms with E-state index in [0.717, 1.165) is 39.5 Å². The second-order valence-electron chi connectivity index (χ2n) is 5.55. The Hall–Kier alpha value is -1.92. The van der Waals surface area contributed by atoms with E-state index in [2.05, 4.69) is 10.4 Å².